The fraction of sp³-hybridized carbons (Fsp3) is 0.667. The lowest BCUT2D eigenvalue weighted by Gasteiger charge is -2.11. The molecule has 17 heavy (non-hydrogen) atoms. The molecule has 0 saturated carbocycles. The minimum atomic E-state index is 0.242. The van der Waals surface area contributed by atoms with E-state index < -0.39 is 0 Å². The Morgan fingerprint density at radius 3 is 3.00 bits per heavy atom. The molecule has 0 N–H and O–H groups in total. The van der Waals surface area contributed by atoms with E-state index in [-0.39, 0.29) is 5.92 Å². The summed E-state index contributed by atoms with van der Waals surface area (Å²) in [6, 6.07) is 1.66. The van der Waals surface area contributed by atoms with E-state index in [1.807, 2.05) is 13.8 Å². The number of halogens is 1. The first-order valence-corrected chi connectivity index (χ1v) is 6.28. The predicted octanol–water partition coefficient (Wildman–Crippen LogP) is 2.67. The molecule has 1 aliphatic heterocycles. The van der Waals surface area contributed by atoms with Crippen molar-refractivity contribution in [1.82, 2.24) is 9.97 Å². The van der Waals surface area contributed by atoms with Crippen LogP contribution in [0.4, 0.5) is 0 Å². The van der Waals surface area contributed by atoms with Crippen molar-refractivity contribution in [3.05, 3.63) is 17.0 Å². The number of ether oxygens (including phenoxy) is 2. The Morgan fingerprint density at radius 2 is 2.35 bits per heavy atom. The lowest BCUT2D eigenvalue weighted by atomic mass is 10.1. The summed E-state index contributed by atoms with van der Waals surface area (Å²) in [5, 5.41) is 0.432. The van der Waals surface area contributed by atoms with Crippen LogP contribution in [-0.4, -0.2) is 29.8 Å². The van der Waals surface area contributed by atoms with Crippen LogP contribution in [0, 0.1) is 5.92 Å². The summed E-state index contributed by atoms with van der Waals surface area (Å²) < 4.78 is 10.9. The van der Waals surface area contributed by atoms with Crippen LogP contribution >= 0.6 is 11.6 Å². The summed E-state index contributed by atoms with van der Waals surface area (Å²) in [7, 11) is 0. The molecular formula is C12H17ClN2O2. The molecule has 1 aromatic rings. The van der Waals surface area contributed by atoms with E-state index in [0.29, 0.717) is 23.6 Å². The summed E-state index contributed by atoms with van der Waals surface area (Å²) >= 11 is 5.93. The summed E-state index contributed by atoms with van der Waals surface area (Å²) in [6.45, 7) is 6.29. The van der Waals surface area contributed by atoms with Crippen molar-refractivity contribution in [3.63, 3.8) is 0 Å². The van der Waals surface area contributed by atoms with Gasteiger partial charge in [0.05, 0.1) is 13.2 Å². The largest absolute Gasteiger partial charge is 0.477 e. The molecule has 94 valence electrons. The van der Waals surface area contributed by atoms with E-state index in [9.17, 15) is 0 Å². The molecule has 0 radical (unpaired) electrons. The first-order chi connectivity index (χ1) is 8.15. The molecule has 0 spiro atoms. The van der Waals surface area contributed by atoms with E-state index in [1.165, 1.54) is 0 Å². The molecule has 5 heteroatoms. The van der Waals surface area contributed by atoms with Crippen LogP contribution in [0.5, 0.6) is 5.88 Å². The molecule has 0 amide bonds. The van der Waals surface area contributed by atoms with E-state index in [2.05, 4.69) is 9.97 Å². The van der Waals surface area contributed by atoms with Crippen LogP contribution in [0.15, 0.2) is 6.07 Å². The summed E-state index contributed by atoms with van der Waals surface area (Å²) in [4.78, 5) is 8.50. The van der Waals surface area contributed by atoms with Gasteiger partial charge in [0.25, 0.3) is 0 Å². The summed E-state index contributed by atoms with van der Waals surface area (Å²) in [6.07, 6.45) is 1.05. The lowest BCUT2D eigenvalue weighted by molar-refractivity contribution is 0.165. The lowest BCUT2D eigenvalue weighted by Crippen LogP contribution is -2.13. The van der Waals surface area contributed by atoms with Gasteiger partial charge in [0.15, 0.2) is 0 Å². The number of hydrogen-bond acceptors (Lipinski definition) is 4. The average Bonchev–Trinajstić information content (AvgIpc) is 2.78. The van der Waals surface area contributed by atoms with E-state index in [4.69, 9.17) is 21.1 Å². The molecule has 1 fully saturated rings. The Hall–Kier alpha value is -0.870. The zero-order chi connectivity index (χ0) is 12.3. The van der Waals surface area contributed by atoms with Gasteiger partial charge < -0.3 is 9.47 Å². The molecule has 0 aromatic carbocycles. The maximum atomic E-state index is 5.93. The molecular weight excluding hydrogens is 240 g/mol. The van der Waals surface area contributed by atoms with Crippen LogP contribution in [0.2, 0.25) is 5.15 Å². The van der Waals surface area contributed by atoms with Gasteiger partial charge in [-0.2, -0.15) is 4.98 Å². The van der Waals surface area contributed by atoms with Crippen molar-refractivity contribution in [3.8, 4) is 5.88 Å². The van der Waals surface area contributed by atoms with Crippen molar-refractivity contribution >= 4 is 11.6 Å². The highest BCUT2D eigenvalue weighted by Crippen LogP contribution is 2.20. The second kappa shape index (κ2) is 5.65. The zero-order valence-corrected chi connectivity index (χ0v) is 10.9. The van der Waals surface area contributed by atoms with Crippen LogP contribution in [0.1, 0.15) is 32.0 Å². The fourth-order valence-corrected chi connectivity index (χ4v) is 1.84. The van der Waals surface area contributed by atoms with Crippen molar-refractivity contribution in [2.75, 3.05) is 19.8 Å². The van der Waals surface area contributed by atoms with Gasteiger partial charge in [-0.3, -0.25) is 0 Å². The molecule has 4 nitrogen and oxygen atoms in total. The zero-order valence-electron chi connectivity index (χ0n) is 10.1. The second-order valence-corrected chi connectivity index (χ2v) is 4.97. The Kier molecular flexibility index (Phi) is 4.18. The summed E-state index contributed by atoms with van der Waals surface area (Å²) in [5.74, 6) is 1.98. The van der Waals surface area contributed by atoms with Gasteiger partial charge in [-0.25, -0.2) is 4.98 Å². The van der Waals surface area contributed by atoms with Crippen molar-refractivity contribution < 1.29 is 9.47 Å². The SMILES string of the molecule is CC(C)c1nc(Cl)cc(OCC2CCOC2)n1. The van der Waals surface area contributed by atoms with Crippen LogP contribution in [-0.2, 0) is 4.74 Å². The van der Waals surface area contributed by atoms with Gasteiger partial charge in [-0.05, 0) is 6.42 Å². The van der Waals surface area contributed by atoms with Crippen molar-refractivity contribution in [2.24, 2.45) is 5.92 Å². The van der Waals surface area contributed by atoms with Gasteiger partial charge in [0, 0.05) is 24.5 Å². The van der Waals surface area contributed by atoms with Crippen LogP contribution < -0.4 is 4.74 Å². The highest BCUT2D eigenvalue weighted by molar-refractivity contribution is 6.29. The molecule has 1 unspecified atom stereocenters. The van der Waals surface area contributed by atoms with Gasteiger partial charge in [-0.1, -0.05) is 25.4 Å². The van der Waals surface area contributed by atoms with Crippen LogP contribution in [0.25, 0.3) is 0 Å². The molecule has 1 aliphatic rings. The van der Waals surface area contributed by atoms with E-state index in [0.717, 1.165) is 25.5 Å². The van der Waals surface area contributed by atoms with Gasteiger partial charge in [0.2, 0.25) is 5.88 Å². The first kappa shape index (κ1) is 12.6. The smallest absolute Gasteiger partial charge is 0.218 e. The number of aromatic nitrogens is 2. The minimum Gasteiger partial charge on any atom is -0.477 e. The molecule has 2 rings (SSSR count). The third-order valence-electron chi connectivity index (χ3n) is 2.70. The highest BCUT2D eigenvalue weighted by atomic mass is 35.5. The number of rotatable bonds is 4. The predicted molar refractivity (Wildman–Crippen MR) is 65.6 cm³/mol. The first-order valence-electron chi connectivity index (χ1n) is 5.90. The third-order valence-corrected chi connectivity index (χ3v) is 2.89. The van der Waals surface area contributed by atoms with E-state index >= 15 is 0 Å². The Bertz CT molecular complexity index is 379. The highest BCUT2D eigenvalue weighted by Gasteiger charge is 2.17. The van der Waals surface area contributed by atoms with Gasteiger partial charge >= 0.3 is 0 Å². The Labute approximate surface area is 106 Å². The molecule has 1 atom stereocenters. The van der Waals surface area contributed by atoms with Crippen LogP contribution in [0.3, 0.4) is 0 Å². The number of hydrogen-bond donors (Lipinski definition) is 0. The van der Waals surface area contributed by atoms with E-state index in [1.54, 1.807) is 6.07 Å². The number of nitrogens with zero attached hydrogens (tertiary/aromatic N) is 2. The average molecular weight is 257 g/mol. The maximum absolute atomic E-state index is 5.93. The normalized spacial score (nSPS) is 19.9. The minimum absolute atomic E-state index is 0.242. The van der Waals surface area contributed by atoms with Crippen molar-refractivity contribution in [2.45, 2.75) is 26.2 Å². The van der Waals surface area contributed by atoms with Gasteiger partial charge in [-0.15, -0.1) is 0 Å². The molecule has 0 bridgehead atoms. The summed E-state index contributed by atoms with van der Waals surface area (Å²) in [5.41, 5.74) is 0. The van der Waals surface area contributed by atoms with Crippen molar-refractivity contribution in [1.29, 1.82) is 0 Å². The second-order valence-electron chi connectivity index (χ2n) is 4.58. The maximum Gasteiger partial charge on any atom is 0.218 e. The third kappa shape index (κ3) is 3.54. The standard InChI is InChI=1S/C12H17ClN2O2/c1-8(2)12-14-10(13)5-11(15-12)17-7-9-3-4-16-6-9/h5,8-9H,3-4,6-7H2,1-2H3. The molecule has 2 heterocycles. The fourth-order valence-electron chi connectivity index (χ4n) is 1.66. The Balaban J connectivity index is 1.99. The Morgan fingerprint density at radius 1 is 1.53 bits per heavy atom. The topological polar surface area (TPSA) is 44.2 Å². The van der Waals surface area contributed by atoms with Gasteiger partial charge in [0.1, 0.15) is 11.0 Å². The molecule has 0 aliphatic carbocycles. The quantitative estimate of drug-likeness (QED) is 0.777. The molecule has 1 aromatic heterocycles. The monoisotopic (exact) mass is 256 g/mol. The molecule has 1 saturated heterocycles.